The van der Waals surface area contributed by atoms with E-state index < -0.39 is 0 Å². The van der Waals surface area contributed by atoms with Crippen molar-refractivity contribution in [1.82, 2.24) is 5.32 Å². The molecule has 0 spiro atoms. The molecular weight excluding hydrogens is 318 g/mol. The van der Waals surface area contributed by atoms with E-state index >= 15 is 0 Å². The maximum Gasteiger partial charge on any atom is 0.251 e. The van der Waals surface area contributed by atoms with E-state index in [4.69, 9.17) is 25.1 Å². The Bertz CT molecular complexity index is 431. The van der Waals surface area contributed by atoms with Gasteiger partial charge in [-0.25, -0.2) is 0 Å². The van der Waals surface area contributed by atoms with Gasteiger partial charge in [0.1, 0.15) is 0 Å². The van der Waals surface area contributed by atoms with Crippen molar-refractivity contribution in [1.29, 1.82) is 0 Å². The first-order chi connectivity index (χ1) is 11.3. The predicted molar refractivity (Wildman–Crippen MR) is 90.3 cm³/mol. The quantitative estimate of drug-likeness (QED) is 0.351. The summed E-state index contributed by atoms with van der Waals surface area (Å²) in [7, 11) is 0. The topological polar surface area (TPSA) is 109 Å². The van der Waals surface area contributed by atoms with Gasteiger partial charge in [-0.15, -0.1) is 0 Å². The first kappa shape index (κ1) is 19.9. The Balaban J connectivity index is 1.97. The Morgan fingerprint density at radius 1 is 0.957 bits per heavy atom. The highest BCUT2D eigenvalue weighted by atomic mass is 32.2. The average Bonchev–Trinajstić information content (AvgIpc) is 2.59. The molecule has 1 aromatic rings. The summed E-state index contributed by atoms with van der Waals surface area (Å²) >= 11 is 1.15. The molecule has 0 atom stereocenters. The number of carbonyl (C=O) groups excluding carboxylic acids is 1. The SMILES string of the molecule is NCCOCCOCCOCCNC(=O)c1ccc(SN)cc1. The van der Waals surface area contributed by atoms with Gasteiger partial charge in [-0.3, -0.25) is 9.93 Å². The zero-order valence-electron chi connectivity index (χ0n) is 13.2. The number of hydrogen-bond donors (Lipinski definition) is 3. The van der Waals surface area contributed by atoms with Gasteiger partial charge in [-0.1, -0.05) is 0 Å². The van der Waals surface area contributed by atoms with E-state index in [1.807, 2.05) is 12.1 Å². The van der Waals surface area contributed by atoms with Crippen LogP contribution in [0, 0.1) is 0 Å². The van der Waals surface area contributed by atoms with Crippen molar-refractivity contribution in [3.05, 3.63) is 29.8 Å². The Morgan fingerprint density at radius 3 is 2.09 bits per heavy atom. The number of amides is 1. The summed E-state index contributed by atoms with van der Waals surface area (Å²) in [6, 6.07) is 7.10. The summed E-state index contributed by atoms with van der Waals surface area (Å²) in [5.41, 5.74) is 5.89. The molecule has 130 valence electrons. The second-order valence-electron chi connectivity index (χ2n) is 4.52. The highest BCUT2D eigenvalue weighted by Crippen LogP contribution is 2.12. The zero-order chi connectivity index (χ0) is 16.8. The van der Waals surface area contributed by atoms with Gasteiger partial charge in [0.2, 0.25) is 0 Å². The van der Waals surface area contributed by atoms with Gasteiger partial charge < -0.3 is 25.3 Å². The molecule has 7 nitrogen and oxygen atoms in total. The fraction of sp³-hybridized carbons (Fsp3) is 0.533. The third kappa shape index (κ3) is 9.54. The van der Waals surface area contributed by atoms with Gasteiger partial charge in [-0.05, 0) is 36.2 Å². The van der Waals surface area contributed by atoms with Crippen LogP contribution in [0.25, 0.3) is 0 Å². The van der Waals surface area contributed by atoms with Crippen molar-refractivity contribution < 1.29 is 19.0 Å². The van der Waals surface area contributed by atoms with E-state index in [9.17, 15) is 4.79 Å². The van der Waals surface area contributed by atoms with Crippen LogP contribution in [0.4, 0.5) is 0 Å². The molecule has 0 saturated carbocycles. The summed E-state index contributed by atoms with van der Waals surface area (Å²) in [5, 5.41) is 8.22. The number of rotatable bonds is 13. The number of nitrogens with one attached hydrogen (secondary N) is 1. The smallest absolute Gasteiger partial charge is 0.251 e. The lowest BCUT2D eigenvalue weighted by molar-refractivity contribution is 0.0166. The molecule has 0 aliphatic heterocycles. The third-order valence-electron chi connectivity index (χ3n) is 2.79. The van der Waals surface area contributed by atoms with Crippen molar-refractivity contribution >= 4 is 17.9 Å². The van der Waals surface area contributed by atoms with Gasteiger partial charge >= 0.3 is 0 Å². The fourth-order valence-corrected chi connectivity index (χ4v) is 1.94. The normalized spacial score (nSPS) is 10.7. The van der Waals surface area contributed by atoms with E-state index in [-0.39, 0.29) is 5.91 Å². The molecule has 0 radical (unpaired) electrons. The minimum Gasteiger partial charge on any atom is -0.378 e. The highest BCUT2D eigenvalue weighted by Gasteiger charge is 2.04. The molecule has 0 unspecified atom stereocenters. The Hall–Kier alpha value is -1.16. The molecule has 1 aromatic carbocycles. The van der Waals surface area contributed by atoms with Crippen LogP contribution in [0.5, 0.6) is 0 Å². The summed E-state index contributed by atoms with van der Waals surface area (Å²) in [5.74, 6) is -0.129. The van der Waals surface area contributed by atoms with E-state index in [1.165, 1.54) is 0 Å². The molecule has 1 rings (SSSR count). The average molecular weight is 343 g/mol. The van der Waals surface area contributed by atoms with Crippen LogP contribution in [0.15, 0.2) is 29.2 Å². The van der Waals surface area contributed by atoms with Crippen LogP contribution in [-0.4, -0.2) is 58.6 Å². The number of carbonyl (C=O) groups is 1. The lowest BCUT2D eigenvalue weighted by atomic mass is 10.2. The van der Waals surface area contributed by atoms with E-state index in [0.717, 1.165) is 16.8 Å². The minimum absolute atomic E-state index is 0.129. The van der Waals surface area contributed by atoms with Crippen LogP contribution in [0.2, 0.25) is 0 Å². The molecule has 0 bridgehead atoms. The molecule has 0 heterocycles. The number of benzene rings is 1. The number of ether oxygens (including phenoxy) is 3. The molecule has 0 aliphatic carbocycles. The molecule has 5 N–H and O–H groups in total. The fourth-order valence-electron chi connectivity index (χ4n) is 1.65. The second-order valence-corrected chi connectivity index (χ2v) is 5.23. The van der Waals surface area contributed by atoms with Crippen LogP contribution < -0.4 is 16.2 Å². The minimum atomic E-state index is -0.129. The zero-order valence-corrected chi connectivity index (χ0v) is 14.0. The maximum absolute atomic E-state index is 11.9. The Kier molecular flexibility index (Phi) is 11.5. The monoisotopic (exact) mass is 343 g/mol. The number of hydrogen-bond acceptors (Lipinski definition) is 7. The first-order valence-electron chi connectivity index (χ1n) is 7.46. The van der Waals surface area contributed by atoms with Gasteiger partial charge in [0.05, 0.1) is 39.6 Å². The highest BCUT2D eigenvalue weighted by molar-refractivity contribution is 7.97. The van der Waals surface area contributed by atoms with Crippen molar-refractivity contribution in [2.75, 3.05) is 52.7 Å². The summed E-state index contributed by atoms with van der Waals surface area (Å²) in [4.78, 5) is 12.8. The van der Waals surface area contributed by atoms with E-state index in [0.29, 0.717) is 58.3 Å². The van der Waals surface area contributed by atoms with Crippen LogP contribution >= 0.6 is 11.9 Å². The van der Waals surface area contributed by atoms with Crippen LogP contribution in [0.1, 0.15) is 10.4 Å². The lowest BCUT2D eigenvalue weighted by Crippen LogP contribution is -2.27. The van der Waals surface area contributed by atoms with Crippen LogP contribution in [0.3, 0.4) is 0 Å². The largest absolute Gasteiger partial charge is 0.378 e. The van der Waals surface area contributed by atoms with Crippen molar-refractivity contribution in [2.45, 2.75) is 4.90 Å². The van der Waals surface area contributed by atoms with Crippen molar-refractivity contribution in [3.8, 4) is 0 Å². The van der Waals surface area contributed by atoms with Gasteiger partial charge in [0, 0.05) is 23.5 Å². The Labute approximate surface area is 141 Å². The van der Waals surface area contributed by atoms with Crippen molar-refractivity contribution in [2.24, 2.45) is 10.9 Å². The molecule has 0 aromatic heterocycles. The third-order valence-corrected chi connectivity index (χ3v) is 3.34. The standard InChI is InChI=1S/C15H25N3O4S/c16-5-7-20-9-11-22-12-10-21-8-6-18-15(19)13-1-3-14(23-17)4-2-13/h1-4H,5-12,16-17H2,(H,18,19). The molecular formula is C15H25N3O4S. The molecule has 8 heteroatoms. The van der Waals surface area contributed by atoms with E-state index in [2.05, 4.69) is 5.32 Å². The maximum atomic E-state index is 11.9. The predicted octanol–water partition coefficient (Wildman–Crippen LogP) is 0.391. The van der Waals surface area contributed by atoms with Gasteiger partial charge in [0.15, 0.2) is 0 Å². The summed E-state index contributed by atoms with van der Waals surface area (Å²) in [6.07, 6.45) is 0. The molecule has 0 aliphatic rings. The van der Waals surface area contributed by atoms with Crippen molar-refractivity contribution in [3.63, 3.8) is 0 Å². The summed E-state index contributed by atoms with van der Waals surface area (Å²) < 4.78 is 15.8. The molecule has 0 saturated heterocycles. The van der Waals surface area contributed by atoms with Crippen LogP contribution in [-0.2, 0) is 14.2 Å². The lowest BCUT2D eigenvalue weighted by Gasteiger charge is -2.08. The van der Waals surface area contributed by atoms with Gasteiger partial charge in [-0.2, -0.15) is 0 Å². The molecule has 1 amide bonds. The molecule has 23 heavy (non-hydrogen) atoms. The summed E-state index contributed by atoms with van der Waals surface area (Å²) in [6.45, 7) is 4.00. The molecule has 0 fully saturated rings. The van der Waals surface area contributed by atoms with E-state index in [1.54, 1.807) is 12.1 Å². The number of nitrogens with two attached hydrogens (primary N) is 2. The van der Waals surface area contributed by atoms with Gasteiger partial charge in [0.25, 0.3) is 5.91 Å². The second kappa shape index (κ2) is 13.3. The Morgan fingerprint density at radius 2 is 1.52 bits per heavy atom. The first-order valence-corrected chi connectivity index (χ1v) is 8.34.